The van der Waals surface area contributed by atoms with E-state index < -0.39 is 41.7 Å². The van der Waals surface area contributed by atoms with Crippen LogP contribution in [0.4, 0.5) is 29.3 Å². The lowest BCUT2D eigenvalue weighted by Gasteiger charge is -2.37. The summed E-state index contributed by atoms with van der Waals surface area (Å²) >= 11 is 0. The summed E-state index contributed by atoms with van der Waals surface area (Å²) in [6.07, 6.45) is 2.49. The number of fused-ring (bicyclic) bond motifs is 1. The van der Waals surface area contributed by atoms with E-state index in [0.717, 1.165) is 6.42 Å². The van der Waals surface area contributed by atoms with Crippen LogP contribution in [0.5, 0.6) is 0 Å². The number of nitrogens with one attached hydrogen (secondary N) is 1. The number of carbonyl (C=O) groups excluding carboxylic acids is 1. The van der Waals surface area contributed by atoms with E-state index in [0.29, 0.717) is 49.4 Å². The molecule has 200 valence electrons. The molecule has 0 saturated carbocycles. The van der Waals surface area contributed by atoms with Gasteiger partial charge in [0, 0.05) is 36.3 Å². The fraction of sp³-hybridized carbons (Fsp3) is 0.542. The zero-order chi connectivity index (χ0) is 26.6. The summed E-state index contributed by atoms with van der Waals surface area (Å²) < 4.78 is 42.3. The molecule has 1 aromatic carbocycles. The number of aliphatic hydroxyl groups is 1. The molecule has 3 aliphatic heterocycles. The van der Waals surface area contributed by atoms with Gasteiger partial charge in [0.15, 0.2) is 17.5 Å². The minimum absolute atomic E-state index is 0.108. The Hall–Kier alpha value is -3.32. The van der Waals surface area contributed by atoms with E-state index in [-0.39, 0.29) is 30.4 Å². The number of carboxylic acid groups (broad SMARTS) is 1. The predicted molar refractivity (Wildman–Crippen MR) is 126 cm³/mol. The van der Waals surface area contributed by atoms with Crippen LogP contribution in [0.2, 0.25) is 0 Å². The highest BCUT2D eigenvalue weighted by Gasteiger charge is 2.47. The van der Waals surface area contributed by atoms with Gasteiger partial charge in [0.2, 0.25) is 0 Å². The van der Waals surface area contributed by atoms with Gasteiger partial charge in [-0.05, 0) is 33.2 Å². The Labute approximate surface area is 211 Å². The number of aliphatic carboxylic acids is 1. The molecule has 2 aromatic rings. The van der Waals surface area contributed by atoms with Crippen molar-refractivity contribution < 1.29 is 33.0 Å². The summed E-state index contributed by atoms with van der Waals surface area (Å²) in [5.41, 5.74) is 1.10. The lowest BCUT2D eigenvalue weighted by molar-refractivity contribution is -0.143. The van der Waals surface area contributed by atoms with Gasteiger partial charge in [-0.3, -0.25) is 14.4 Å². The Balaban J connectivity index is 1.36. The first-order valence-corrected chi connectivity index (χ1v) is 12.3. The molecule has 37 heavy (non-hydrogen) atoms. The number of anilines is 2. The van der Waals surface area contributed by atoms with Gasteiger partial charge in [0.1, 0.15) is 12.3 Å². The van der Waals surface area contributed by atoms with Gasteiger partial charge in [-0.1, -0.05) is 0 Å². The number of urea groups is 1. The number of nitrogens with zero attached hydrogens (tertiary/aromatic N) is 5. The molecule has 5 atom stereocenters. The minimum Gasteiger partial charge on any atom is -0.480 e. The predicted octanol–water partition coefficient (Wildman–Crippen LogP) is 2.57. The summed E-state index contributed by atoms with van der Waals surface area (Å²) in [6.45, 7) is 4.85. The molecule has 1 aromatic heterocycles. The summed E-state index contributed by atoms with van der Waals surface area (Å²) in [7, 11) is 0. The van der Waals surface area contributed by atoms with Crippen molar-refractivity contribution in [3.63, 3.8) is 0 Å². The lowest BCUT2D eigenvalue weighted by Crippen LogP contribution is -2.49. The van der Waals surface area contributed by atoms with Gasteiger partial charge in [-0.2, -0.15) is 5.10 Å². The molecule has 3 N–H and O–H groups in total. The van der Waals surface area contributed by atoms with Gasteiger partial charge in [0.25, 0.3) is 0 Å². The molecule has 4 heterocycles. The number of hydrogen-bond acceptors (Lipinski definition) is 6. The van der Waals surface area contributed by atoms with Crippen molar-refractivity contribution in [3.05, 3.63) is 41.5 Å². The molecule has 13 heteroatoms. The maximum atomic E-state index is 13.6. The molecule has 2 amide bonds. The van der Waals surface area contributed by atoms with E-state index in [1.54, 1.807) is 17.8 Å². The number of rotatable bonds is 4. The smallest absolute Gasteiger partial charge is 0.322 e. The third kappa shape index (κ3) is 4.39. The average Bonchev–Trinajstić information content (AvgIpc) is 3.54. The monoisotopic (exact) mass is 522 g/mol. The Kier molecular flexibility index (Phi) is 6.52. The van der Waals surface area contributed by atoms with E-state index in [1.165, 1.54) is 4.90 Å². The van der Waals surface area contributed by atoms with Gasteiger partial charge >= 0.3 is 12.0 Å². The second-order valence-corrected chi connectivity index (χ2v) is 9.99. The van der Waals surface area contributed by atoms with Crippen LogP contribution >= 0.6 is 0 Å². The number of benzene rings is 1. The van der Waals surface area contributed by atoms with Crippen molar-refractivity contribution in [1.82, 2.24) is 19.6 Å². The van der Waals surface area contributed by atoms with Crippen molar-refractivity contribution in [2.75, 3.05) is 16.8 Å². The van der Waals surface area contributed by atoms with Gasteiger partial charge < -0.3 is 25.3 Å². The van der Waals surface area contributed by atoms with Gasteiger partial charge in [-0.25, -0.2) is 18.0 Å². The Morgan fingerprint density at radius 3 is 2.54 bits per heavy atom. The van der Waals surface area contributed by atoms with Crippen molar-refractivity contribution >= 4 is 23.4 Å². The number of aromatic nitrogens is 2. The van der Waals surface area contributed by atoms with E-state index >= 15 is 0 Å². The number of amides is 2. The standard InChI is InChI=1S/C24H29F3N6O4/c1-12-10-32-20(11-31(12)24(37)29-14-6-15(25)22(27)16(26)7-14)19(9-28-32)33-13(2)18(8-21(33)34)30-5-3-4-17(30)23(35)36/h6-7,9,12-13,17-18,21,34H,3-5,8,10-11H2,1-2H3,(H,29,37)(H,35,36)/t12-,13-,17-,18?,21?/m0/s1. The number of carbonyl (C=O) groups is 2. The fourth-order valence-corrected chi connectivity index (χ4v) is 5.92. The Morgan fingerprint density at radius 1 is 1.16 bits per heavy atom. The van der Waals surface area contributed by atoms with E-state index in [1.807, 2.05) is 16.7 Å². The van der Waals surface area contributed by atoms with E-state index in [4.69, 9.17) is 0 Å². The van der Waals surface area contributed by atoms with Crippen LogP contribution in [0.25, 0.3) is 0 Å². The molecule has 2 fully saturated rings. The van der Waals surface area contributed by atoms with Crippen molar-refractivity contribution in [2.45, 2.75) is 76.6 Å². The highest BCUT2D eigenvalue weighted by Crippen LogP contribution is 2.38. The SMILES string of the molecule is C[C@H]1Cn2ncc(N3C(O)CC(N4CCC[C@H]4C(=O)O)[C@@H]3C)c2CN1C(=O)Nc1cc(F)c(F)c(F)c1. The first kappa shape index (κ1) is 25.3. The van der Waals surface area contributed by atoms with Crippen LogP contribution in [0.15, 0.2) is 18.3 Å². The van der Waals surface area contributed by atoms with Crippen LogP contribution in [-0.2, 0) is 17.9 Å². The van der Waals surface area contributed by atoms with Crippen molar-refractivity contribution in [1.29, 1.82) is 0 Å². The normalized spacial score (nSPS) is 28.0. The summed E-state index contributed by atoms with van der Waals surface area (Å²) in [5.74, 6) is -5.29. The molecular formula is C24H29F3N6O4. The molecule has 0 aliphatic carbocycles. The highest BCUT2D eigenvalue weighted by atomic mass is 19.2. The van der Waals surface area contributed by atoms with Crippen LogP contribution < -0.4 is 10.2 Å². The van der Waals surface area contributed by atoms with Crippen LogP contribution in [-0.4, -0.2) is 78.7 Å². The molecule has 2 unspecified atom stereocenters. The number of halogens is 3. The number of aliphatic hydroxyl groups excluding tert-OH is 1. The second-order valence-electron chi connectivity index (χ2n) is 9.99. The first-order chi connectivity index (χ1) is 17.6. The molecule has 3 aliphatic rings. The largest absolute Gasteiger partial charge is 0.480 e. The number of carboxylic acids is 1. The molecule has 0 radical (unpaired) electrons. The molecular weight excluding hydrogens is 493 g/mol. The van der Waals surface area contributed by atoms with Crippen LogP contribution in [0.1, 0.15) is 38.8 Å². The number of hydrogen-bond donors (Lipinski definition) is 3. The maximum Gasteiger partial charge on any atom is 0.322 e. The third-order valence-electron chi connectivity index (χ3n) is 7.76. The highest BCUT2D eigenvalue weighted by molar-refractivity contribution is 5.89. The first-order valence-electron chi connectivity index (χ1n) is 12.3. The number of likely N-dealkylation sites (tertiary alicyclic amines) is 1. The molecule has 0 bridgehead atoms. The zero-order valence-corrected chi connectivity index (χ0v) is 20.4. The van der Waals surface area contributed by atoms with Crippen LogP contribution in [0, 0.1) is 17.5 Å². The maximum absolute atomic E-state index is 13.6. The molecule has 0 spiro atoms. The summed E-state index contributed by atoms with van der Waals surface area (Å²) in [4.78, 5) is 30.0. The van der Waals surface area contributed by atoms with Crippen molar-refractivity contribution in [3.8, 4) is 0 Å². The Bertz CT molecular complexity index is 1200. The van der Waals surface area contributed by atoms with Crippen LogP contribution in [0.3, 0.4) is 0 Å². The summed E-state index contributed by atoms with van der Waals surface area (Å²) in [5, 5.41) is 27.5. The zero-order valence-electron chi connectivity index (χ0n) is 20.4. The van der Waals surface area contributed by atoms with E-state index in [2.05, 4.69) is 10.4 Å². The summed E-state index contributed by atoms with van der Waals surface area (Å²) in [6, 6.07) is -0.468. The molecule has 10 nitrogen and oxygen atoms in total. The van der Waals surface area contributed by atoms with Crippen molar-refractivity contribution in [2.24, 2.45) is 0 Å². The van der Waals surface area contributed by atoms with Gasteiger partial charge in [-0.15, -0.1) is 0 Å². The average molecular weight is 523 g/mol. The lowest BCUT2D eigenvalue weighted by atomic mass is 10.1. The third-order valence-corrected chi connectivity index (χ3v) is 7.76. The minimum atomic E-state index is -1.61. The van der Waals surface area contributed by atoms with Gasteiger partial charge in [0.05, 0.1) is 36.7 Å². The molecule has 5 rings (SSSR count). The van der Waals surface area contributed by atoms with E-state index in [9.17, 15) is 33.0 Å². The quantitative estimate of drug-likeness (QED) is 0.529. The fourth-order valence-electron chi connectivity index (χ4n) is 5.92. The topological polar surface area (TPSA) is 114 Å². The molecule has 2 saturated heterocycles. The second kappa shape index (κ2) is 9.53. The Morgan fingerprint density at radius 2 is 1.86 bits per heavy atom.